The molecule has 0 aliphatic rings. The predicted octanol–water partition coefficient (Wildman–Crippen LogP) is -1.06. The summed E-state index contributed by atoms with van der Waals surface area (Å²) in [5.41, 5.74) is 5.16. The van der Waals surface area contributed by atoms with Gasteiger partial charge in [0, 0.05) is 0 Å². The molecule has 9 heavy (non-hydrogen) atoms. The number of rotatable bonds is 0. The van der Waals surface area contributed by atoms with Gasteiger partial charge in [0.25, 0.3) is 0 Å². The SMILES string of the molecule is C=C=c1nn[nH]c1=C=C. The van der Waals surface area contributed by atoms with Crippen LogP contribution in [0.25, 0.3) is 11.5 Å². The van der Waals surface area contributed by atoms with Gasteiger partial charge in [-0.3, -0.25) is 0 Å². The fourth-order valence-corrected chi connectivity index (χ4v) is 0.475. The summed E-state index contributed by atoms with van der Waals surface area (Å²) in [5, 5.41) is 10.9. The predicted molar refractivity (Wildman–Crippen MR) is 33.7 cm³/mol. The molecule has 0 saturated heterocycles. The summed E-state index contributed by atoms with van der Waals surface area (Å²) >= 11 is 0. The molecule has 0 spiro atoms. The van der Waals surface area contributed by atoms with E-state index < -0.39 is 0 Å². The van der Waals surface area contributed by atoms with Crippen LogP contribution in [0.2, 0.25) is 0 Å². The van der Waals surface area contributed by atoms with Crippen molar-refractivity contribution in [3.8, 4) is 0 Å². The van der Waals surface area contributed by atoms with Crippen LogP contribution in [-0.2, 0) is 0 Å². The average Bonchev–Trinajstić information content (AvgIpc) is 2.33. The average molecular weight is 119 g/mol. The molecule has 0 aromatic carbocycles. The van der Waals surface area contributed by atoms with Gasteiger partial charge in [-0.2, -0.15) is 0 Å². The highest BCUT2D eigenvalue weighted by Crippen LogP contribution is 1.40. The lowest BCUT2D eigenvalue weighted by Gasteiger charge is -1.58. The second-order valence-electron chi connectivity index (χ2n) is 1.39. The van der Waals surface area contributed by atoms with Crippen molar-refractivity contribution < 1.29 is 0 Å². The Labute approximate surface area is 51.7 Å². The normalized spacial score (nSPS) is 8.00. The van der Waals surface area contributed by atoms with E-state index in [1.807, 2.05) is 0 Å². The zero-order valence-electron chi connectivity index (χ0n) is 4.81. The molecule has 0 aliphatic heterocycles. The fourth-order valence-electron chi connectivity index (χ4n) is 0.475. The fraction of sp³-hybridized carbons (Fsp3) is 0. The monoisotopic (exact) mass is 119 g/mol. The summed E-state index contributed by atoms with van der Waals surface area (Å²) in [6.07, 6.45) is 0. The number of aromatic nitrogens is 3. The zero-order valence-corrected chi connectivity index (χ0v) is 4.81. The Kier molecular flexibility index (Phi) is 1.32. The largest absolute Gasteiger partial charge is 0.249 e. The number of hydrogen-bond donors (Lipinski definition) is 1. The highest BCUT2D eigenvalue weighted by atomic mass is 15.3. The van der Waals surface area contributed by atoms with Gasteiger partial charge >= 0.3 is 0 Å². The smallest absolute Gasteiger partial charge is 0.162 e. The van der Waals surface area contributed by atoms with Gasteiger partial charge in [0.2, 0.25) is 0 Å². The van der Waals surface area contributed by atoms with Gasteiger partial charge in [-0.25, -0.2) is 5.10 Å². The molecular formula is C6H5N3. The molecule has 0 amide bonds. The maximum absolute atomic E-state index is 3.62. The molecule has 0 atom stereocenters. The van der Waals surface area contributed by atoms with E-state index in [0.29, 0.717) is 10.7 Å². The van der Waals surface area contributed by atoms with E-state index in [9.17, 15) is 0 Å². The van der Waals surface area contributed by atoms with Crippen molar-refractivity contribution in [3.63, 3.8) is 0 Å². The molecule has 1 rings (SSSR count). The molecule has 44 valence electrons. The van der Waals surface area contributed by atoms with Crippen LogP contribution in [0.15, 0.2) is 13.2 Å². The Morgan fingerprint density at radius 2 is 2.11 bits per heavy atom. The Morgan fingerprint density at radius 1 is 1.33 bits per heavy atom. The number of hydrogen-bond acceptors (Lipinski definition) is 2. The molecule has 3 heteroatoms. The van der Waals surface area contributed by atoms with Crippen LogP contribution in [-0.4, -0.2) is 15.4 Å². The maximum atomic E-state index is 3.62. The zero-order chi connectivity index (χ0) is 6.69. The molecule has 1 aromatic heterocycles. The lowest BCUT2D eigenvalue weighted by molar-refractivity contribution is 0.926. The summed E-state index contributed by atoms with van der Waals surface area (Å²) in [7, 11) is 0. The van der Waals surface area contributed by atoms with Crippen LogP contribution in [0.3, 0.4) is 0 Å². The van der Waals surface area contributed by atoms with Gasteiger partial charge < -0.3 is 0 Å². The van der Waals surface area contributed by atoms with E-state index >= 15 is 0 Å². The summed E-state index contributed by atoms with van der Waals surface area (Å²) in [4.78, 5) is 0. The molecule has 0 bridgehead atoms. The third-order valence-electron chi connectivity index (χ3n) is 0.893. The van der Waals surface area contributed by atoms with Crippen molar-refractivity contribution >= 4 is 11.5 Å². The second kappa shape index (κ2) is 2.14. The summed E-state index contributed by atoms with van der Waals surface area (Å²) < 4.78 is 0. The second-order valence-corrected chi connectivity index (χ2v) is 1.39. The number of nitrogens with one attached hydrogen (secondary N) is 1. The summed E-state index contributed by atoms with van der Waals surface area (Å²) in [5.74, 6) is 0. The first-order valence-corrected chi connectivity index (χ1v) is 2.35. The van der Waals surface area contributed by atoms with Crippen molar-refractivity contribution in [2.75, 3.05) is 0 Å². The molecule has 0 radical (unpaired) electrons. The van der Waals surface area contributed by atoms with Crippen molar-refractivity contribution in [1.82, 2.24) is 15.4 Å². The van der Waals surface area contributed by atoms with Crippen LogP contribution in [0.1, 0.15) is 0 Å². The van der Waals surface area contributed by atoms with Gasteiger partial charge in [-0.15, -0.1) is 5.10 Å². The van der Waals surface area contributed by atoms with Gasteiger partial charge in [0.05, 0.1) is 0 Å². The van der Waals surface area contributed by atoms with Gasteiger partial charge in [0.15, 0.2) is 5.35 Å². The minimum Gasteiger partial charge on any atom is -0.249 e. The Morgan fingerprint density at radius 3 is 2.56 bits per heavy atom. The van der Waals surface area contributed by atoms with E-state index in [2.05, 4.69) is 40.0 Å². The molecule has 1 heterocycles. The van der Waals surface area contributed by atoms with Crippen LogP contribution in [0.4, 0.5) is 0 Å². The first-order chi connectivity index (χ1) is 4.38. The minimum atomic E-state index is 0.560. The molecule has 1 N–H and O–H groups in total. The van der Waals surface area contributed by atoms with E-state index in [0.717, 1.165) is 0 Å². The maximum Gasteiger partial charge on any atom is 0.162 e. The summed E-state index contributed by atoms with van der Waals surface area (Å²) in [6.45, 7) is 6.80. The van der Waals surface area contributed by atoms with Crippen LogP contribution in [0.5, 0.6) is 0 Å². The van der Waals surface area contributed by atoms with Gasteiger partial charge in [0.1, 0.15) is 5.35 Å². The lowest BCUT2D eigenvalue weighted by Crippen LogP contribution is -2.21. The first-order valence-electron chi connectivity index (χ1n) is 2.35. The molecule has 0 saturated carbocycles. The lowest BCUT2D eigenvalue weighted by atomic mass is 10.6. The standard InChI is InChI=1S/C6H5N3/c1-3-5-6(4-2)8-9-7-5/h1-2H2,(H,7,8). The Hall–Kier alpha value is -1.56. The van der Waals surface area contributed by atoms with E-state index in [1.165, 1.54) is 0 Å². The molecule has 0 aliphatic carbocycles. The molecular weight excluding hydrogens is 114 g/mol. The van der Waals surface area contributed by atoms with Crippen LogP contribution >= 0.6 is 0 Å². The first kappa shape index (κ1) is 5.57. The topological polar surface area (TPSA) is 41.6 Å². The van der Waals surface area contributed by atoms with E-state index in [4.69, 9.17) is 0 Å². The molecule has 1 aromatic rings. The van der Waals surface area contributed by atoms with Crippen molar-refractivity contribution in [2.24, 2.45) is 0 Å². The van der Waals surface area contributed by atoms with Crippen molar-refractivity contribution in [3.05, 3.63) is 23.9 Å². The van der Waals surface area contributed by atoms with Crippen LogP contribution < -0.4 is 10.7 Å². The third-order valence-corrected chi connectivity index (χ3v) is 0.893. The van der Waals surface area contributed by atoms with E-state index in [-0.39, 0.29) is 0 Å². The van der Waals surface area contributed by atoms with E-state index in [1.54, 1.807) is 0 Å². The van der Waals surface area contributed by atoms with Crippen molar-refractivity contribution in [1.29, 1.82) is 0 Å². The Bertz CT molecular complexity index is 315. The highest BCUT2D eigenvalue weighted by molar-refractivity contribution is 5.15. The Balaban J connectivity index is 3.92. The quantitative estimate of drug-likeness (QED) is 0.472. The highest BCUT2D eigenvalue weighted by Gasteiger charge is 1.80. The third kappa shape index (κ3) is 0.820. The molecule has 3 nitrogen and oxygen atoms in total. The van der Waals surface area contributed by atoms with Gasteiger partial charge in [-0.1, -0.05) is 29.8 Å². The van der Waals surface area contributed by atoms with Crippen LogP contribution in [0, 0.1) is 0 Å². The number of nitrogens with zero attached hydrogens (tertiary/aromatic N) is 2. The minimum absolute atomic E-state index is 0.560. The number of H-pyrrole nitrogens is 1. The molecule has 0 unspecified atom stereocenters. The molecule has 0 fully saturated rings. The van der Waals surface area contributed by atoms with Crippen molar-refractivity contribution in [2.45, 2.75) is 0 Å². The van der Waals surface area contributed by atoms with Gasteiger partial charge in [-0.05, 0) is 0 Å². The summed E-state index contributed by atoms with van der Waals surface area (Å²) in [6, 6.07) is 0. The number of aromatic amines is 1.